The van der Waals surface area contributed by atoms with Crippen molar-refractivity contribution in [2.75, 3.05) is 18.0 Å². The summed E-state index contributed by atoms with van der Waals surface area (Å²) in [6, 6.07) is 36.7. The van der Waals surface area contributed by atoms with Crippen LogP contribution in [0.3, 0.4) is 0 Å². The Labute approximate surface area is 243 Å². The normalized spacial score (nSPS) is 13.7. The zero-order valence-corrected chi connectivity index (χ0v) is 24.2. The van der Waals surface area contributed by atoms with Gasteiger partial charge in [-0.2, -0.15) is 0 Å². The van der Waals surface area contributed by atoms with Crippen molar-refractivity contribution >= 4 is 43.6 Å². The lowest BCUT2D eigenvalue weighted by molar-refractivity contribution is 0.574. The molecule has 3 nitrogen and oxygen atoms in total. The summed E-state index contributed by atoms with van der Waals surface area (Å²) < 4.78 is 1.04. The highest BCUT2D eigenvalue weighted by molar-refractivity contribution is 9.10. The lowest BCUT2D eigenvalue weighted by Crippen LogP contribution is -2.31. The first kappa shape index (κ1) is 25.0. The molecule has 0 radical (unpaired) electrons. The van der Waals surface area contributed by atoms with Gasteiger partial charge in [-0.25, -0.2) is 9.97 Å². The molecule has 196 valence electrons. The van der Waals surface area contributed by atoms with Crippen LogP contribution in [0.5, 0.6) is 0 Å². The first-order valence-corrected chi connectivity index (χ1v) is 14.9. The van der Waals surface area contributed by atoms with E-state index >= 15 is 0 Å². The Balaban J connectivity index is 1.62. The summed E-state index contributed by atoms with van der Waals surface area (Å²) >= 11 is 3.74. The average Bonchev–Trinajstić information content (AvgIpc) is 3.01. The highest BCUT2D eigenvalue weighted by Gasteiger charge is 2.25. The van der Waals surface area contributed by atoms with Crippen molar-refractivity contribution in [3.63, 3.8) is 0 Å². The van der Waals surface area contributed by atoms with Gasteiger partial charge in [-0.1, -0.05) is 88.2 Å². The van der Waals surface area contributed by atoms with Gasteiger partial charge < -0.3 is 4.90 Å². The van der Waals surface area contributed by atoms with Crippen LogP contribution in [0.1, 0.15) is 24.8 Å². The molecule has 1 saturated heterocycles. The van der Waals surface area contributed by atoms with E-state index in [0.29, 0.717) is 0 Å². The fourth-order valence-corrected chi connectivity index (χ4v) is 6.39. The molecule has 40 heavy (non-hydrogen) atoms. The van der Waals surface area contributed by atoms with Gasteiger partial charge in [0.05, 0.1) is 22.3 Å². The first-order chi connectivity index (χ1) is 19.7. The van der Waals surface area contributed by atoms with Gasteiger partial charge >= 0.3 is 0 Å². The minimum absolute atomic E-state index is 0.962. The Morgan fingerprint density at radius 2 is 1.30 bits per heavy atom. The van der Waals surface area contributed by atoms with Gasteiger partial charge in [0.25, 0.3) is 0 Å². The van der Waals surface area contributed by atoms with Crippen LogP contribution in [0.4, 0.5) is 5.82 Å². The molecule has 0 spiro atoms. The van der Waals surface area contributed by atoms with Crippen LogP contribution in [0, 0.1) is 6.92 Å². The number of anilines is 1. The molecule has 0 aliphatic carbocycles. The van der Waals surface area contributed by atoms with Crippen molar-refractivity contribution < 1.29 is 0 Å². The molecule has 1 fully saturated rings. The molecule has 2 aromatic heterocycles. The number of aromatic nitrogens is 2. The van der Waals surface area contributed by atoms with Crippen molar-refractivity contribution in [2.45, 2.75) is 26.2 Å². The van der Waals surface area contributed by atoms with Crippen LogP contribution in [0.15, 0.2) is 108 Å². The second-order valence-corrected chi connectivity index (χ2v) is 11.6. The topological polar surface area (TPSA) is 29.0 Å². The number of aryl methyl sites for hydroxylation is 1. The quantitative estimate of drug-likeness (QED) is 0.207. The average molecular weight is 585 g/mol. The summed E-state index contributed by atoms with van der Waals surface area (Å²) in [4.78, 5) is 13.2. The van der Waals surface area contributed by atoms with Crippen LogP contribution in [-0.2, 0) is 0 Å². The molecule has 4 heteroatoms. The molecule has 0 amide bonds. The van der Waals surface area contributed by atoms with Crippen molar-refractivity contribution in [1.82, 2.24) is 9.97 Å². The zero-order chi connectivity index (χ0) is 27.1. The Kier molecular flexibility index (Phi) is 6.57. The number of nitrogens with zero attached hydrogens (tertiary/aromatic N) is 3. The fraction of sp³-hybridized carbons (Fsp3) is 0.167. The lowest BCUT2D eigenvalue weighted by atomic mass is 9.91. The van der Waals surface area contributed by atoms with E-state index in [0.717, 1.165) is 51.1 Å². The van der Waals surface area contributed by atoms with E-state index in [1.165, 1.54) is 52.5 Å². The number of rotatable bonds is 4. The molecule has 0 N–H and O–H groups in total. The zero-order valence-electron chi connectivity index (χ0n) is 22.6. The molecule has 0 bridgehead atoms. The first-order valence-electron chi connectivity index (χ1n) is 14.1. The summed E-state index contributed by atoms with van der Waals surface area (Å²) in [7, 11) is 0. The van der Waals surface area contributed by atoms with Gasteiger partial charge in [0.2, 0.25) is 0 Å². The summed E-state index contributed by atoms with van der Waals surface area (Å²) in [5, 5.41) is 2.30. The molecule has 1 aliphatic heterocycles. The SMILES string of the molecule is Cc1ccc2nc(-c3c(N4CCCCC4)nc4ccc(Br)cc4c3-c3ccccc3)cc(-c3ccccc3)c2c1. The van der Waals surface area contributed by atoms with Crippen LogP contribution >= 0.6 is 15.9 Å². The largest absolute Gasteiger partial charge is 0.356 e. The monoisotopic (exact) mass is 583 g/mol. The van der Waals surface area contributed by atoms with Crippen molar-refractivity contribution in [1.29, 1.82) is 0 Å². The van der Waals surface area contributed by atoms with Crippen LogP contribution in [-0.4, -0.2) is 23.1 Å². The predicted molar refractivity (Wildman–Crippen MR) is 172 cm³/mol. The Bertz CT molecular complexity index is 1840. The standard InChI is InChI=1S/C36H30BrN3/c1-24-15-17-31-29(21-24)28(25-11-5-2-6-12-25)23-33(38-31)35-34(26-13-7-3-8-14-26)30-22-27(37)16-18-32(30)39-36(35)40-19-9-4-10-20-40/h2-3,5-8,11-18,21-23H,4,9-10,19-20H2,1H3. The Morgan fingerprint density at radius 3 is 2.05 bits per heavy atom. The van der Waals surface area contributed by atoms with Gasteiger partial charge in [0, 0.05) is 33.9 Å². The third-order valence-electron chi connectivity index (χ3n) is 7.95. The Morgan fingerprint density at radius 1 is 0.625 bits per heavy atom. The van der Waals surface area contributed by atoms with Crippen LogP contribution in [0.2, 0.25) is 0 Å². The third kappa shape index (κ3) is 4.56. The summed E-state index contributed by atoms with van der Waals surface area (Å²) in [6.07, 6.45) is 3.63. The molecule has 4 aromatic carbocycles. The van der Waals surface area contributed by atoms with E-state index in [1.54, 1.807) is 0 Å². The molecule has 6 aromatic rings. The number of benzene rings is 4. The van der Waals surface area contributed by atoms with Crippen LogP contribution in [0.25, 0.3) is 55.3 Å². The van der Waals surface area contributed by atoms with Gasteiger partial charge in [0.15, 0.2) is 0 Å². The van der Waals surface area contributed by atoms with E-state index in [2.05, 4.69) is 131 Å². The fourth-order valence-electron chi connectivity index (χ4n) is 6.03. The Hall–Kier alpha value is -4.02. The number of fused-ring (bicyclic) bond motifs is 2. The number of piperidine rings is 1. The smallest absolute Gasteiger partial charge is 0.139 e. The van der Waals surface area contributed by atoms with Crippen LogP contribution < -0.4 is 4.90 Å². The van der Waals surface area contributed by atoms with E-state index in [-0.39, 0.29) is 0 Å². The number of halogens is 1. The minimum Gasteiger partial charge on any atom is -0.356 e. The second-order valence-electron chi connectivity index (χ2n) is 10.7. The molecule has 0 unspecified atom stereocenters. The van der Waals surface area contributed by atoms with Gasteiger partial charge in [-0.05, 0) is 79.3 Å². The highest BCUT2D eigenvalue weighted by atomic mass is 79.9. The minimum atomic E-state index is 0.962. The van der Waals surface area contributed by atoms with Gasteiger partial charge in [-0.15, -0.1) is 0 Å². The van der Waals surface area contributed by atoms with E-state index in [9.17, 15) is 0 Å². The summed E-state index contributed by atoms with van der Waals surface area (Å²) in [5.41, 5.74) is 10.1. The van der Waals surface area contributed by atoms with Crippen molar-refractivity contribution in [2.24, 2.45) is 0 Å². The molecular formula is C36H30BrN3. The molecule has 3 heterocycles. The maximum atomic E-state index is 5.37. The predicted octanol–water partition coefficient (Wildman–Crippen LogP) is 9.85. The van der Waals surface area contributed by atoms with E-state index in [4.69, 9.17) is 9.97 Å². The lowest BCUT2D eigenvalue weighted by Gasteiger charge is -2.31. The number of pyridine rings is 2. The van der Waals surface area contributed by atoms with E-state index < -0.39 is 0 Å². The maximum absolute atomic E-state index is 5.37. The van der Waals surface area contributed by atoms with E-state index in [1.807, 2.05) is 0 Å². The number of hydrogen-bond acceptors (Lipinski definition) is 3. The summed E-state index contributed by atoms with van der Waals surface area (Å²) in [5.74, 6) is 1.03. The number of hydrogen-bond donors (Lipinski definition) is 0. The molecule has 0 atom stereocenters. The highest BCUT2D eigenvalue weighted by Crippen LogP contribution is 2.45. The molecular weight excluding hydrogens is 554 g/mol. The van der Waals surface area contributed by atoms with Crippen molar-refractivity contribution in [3.05, 3.63) is 113 Å². The molecule has 1 aliphatic rings. The van der Waals surface area contributed by atoms with Gasteiger partial charge in [-0.3, -0.25) is 0 Å². The maximum Gasteiger partial charge on any atom is 0.139 e. The third-order valence-corrected chi connectivity index (χ3v) is 8.44. The molecule has 0 saturated carbocycles. The van der Waals surface area contributed by atoms with Crippen molar-refractivity contribution in [3.8, 4) is 33.5 Å². The molecule has 7 rings (SSSR count). The van der Waals surface area contributed by atoms with Gasteiger partial charge in [0.1, 0.15) is 5.82 Å². The summed E-state index contributed by atoms with van der Waals surface area (Å²) in [6.45, 7) is 4.17. The second kappa shape index (κ2) is 10.5.